The Morgan fingerprint density at radius 1 is 1.17 bits per heavy atom. The van der Waals surface area contributed by atoms with E-state index in [0.29, 0.717) is 34.9 Å². The highest BCUT2D eigenvalue weighted by molar-refractivity contribution is 5.99. The number of anilines is 1. The van der Waals surface area contributed by atoms with Gasteiger partial charge in [0.2, 0.25) is 5.95 Å². The van der Waals surface area contributed by atoms with Crippen LogP contribution in [0.1, 0.15) is 36.4 Å². The normalized spacial score (nSPS) is 17.9. The van der Waals surface area contributed by atoms with Gasteiger partial charge in [-0.25, -0.2) is 4.68 Å². The van der Waals surface area contributed by atoms with Crippen LogP contribution in [0.5, 0.6) is 5.75 Å². The molecule has 2 N–H and O–H groups in total. The highest BCUT2D eigenvalue weighted by atomic mass is 16.3. The number of benzene rings is 2. The van der Waals surface area contributed by atoms with Gasteiger partial charge in [-0.1, -0.05) is 24.3 Å². The molecule has 0 saturated carbocycles. The molecule has 0 amide bonds. The van der Waals surface area contributed by atoms with Crippen LogP contribution < -0.4 is 5.32 Å². The molecular weight excluding hydrogens is 366 g/mol. The number of phenolic OH excluding ortho intramolecular Hbond substituents is 1. The van der Waals surface area contributed by atoms with E-state index in [4.69, 9.17) is 5.26 Å². The summed E-state index contributed by atoms with van der Waals surface area (Å²) in [6.07, 6.45) is 2.09. The number of nitrogens with zero attached hydrogens (tertiary/aromatic N) is 4. The van der Waals surface area contributed by atoms with Crippen molar-refractivity contribution in [2.24, 2.45) is 0 Å². The van der Waals surface area contributed by atoms with Crippen molar-refractivity contribution >= 4 is 11.7 Å². The maximum Gasteiger partial charge on any atom is 0.226 e. The monoisotopic (exact) mass is 383 g/mol. The van der Waals surface area contributed by atoms with Gasteiger partial charge in [-0.15, -0.1) is 5.10 Å². The Bertz CT molecular complexity index is 1200. The highest BCUT2D eigenvalue weighted by Gasteiger charge is 2.36. The summed E-state index contributed by atoms with van der Waals surface area (Å²) in [5.74, 6) is 1.27. The maximum absolute atomic E-state index is 12.8. The number of hydrogen-bond acceptors (Lipinski definition) is 6. The molecule has 7 nitrogen and oxygen atoms in total. The molecule has 1 aliphatic heterocycles. The van der Waals surface area contributed by atoms with Crippen LogP contribution in [0.4, 0.5) is 5.95 Å². The van der Waals surface area contributed by atoms with E-state index in [0.717, 1.165) is 24.1 Å². The second-order valence-corrected chi connectivity index (χ2v) is 7.18. The molecule has 3 aromatic rings. The van der Waals surface area contributed by atoms with Crippen LogP contribution in [0.2, 0.25) is 0 Å². The number of nitrogens with one attached hydrogen (secondary N) is 1. The van der Waals surface area contributed by atoms with E-state index in [1.54, 1.807) is 35.0 Å². The van der Waals surface area contributed by atoms with Gasteiger partial charge in [0, 0.05) is 23.3 Å². The largest absolute Gasteiger partial charge is 0.508 e. The fourth-order valence-electron chi connectivity index (χ4n) is 3.97. The summed E-state index contributed by atoms with van der Waals surface area (Å²) in [7, 11) is 0. The minimum absolute atomic E-state index is 0.105. The summed E-state index contributed by atoms with van der Waals surface area (Å²) < 4.78 is 1.73. The zero-order valence-corrected chi connectivity index (χ0v) is 15.5. The smallest absolute Gasteiger partial charge is 0.226 e. The third kappa shape index (κ3) is 2.86. The second-order valence-electron chi connectivity index (χ2n) is 7.18. The number of Topliss-reactive ketones (excluding diaryl/α,β-unsaturated/α-hetero) is 1. The van der Waals surface area contributed by atoms with E-state index in [9.17, 15) is 9.90 Å². The molecule has 7 heteroatoms. The molecular formula is C22H17N5O2. The molecule has 5 rings (SSSR count). The predicted molar refractivity (Wildman–Crippen MR) is 106 cm³/mol. The molecule has 1 atom stereocenters. The van der Waals surface area contributed by atoms with Crippen LogP contribution in [0.15, 0.2) is 59.8 Å². The van der Waals surface area contributed by atoms with Crippen LogP contribution in [0.3, 0.4) is 0 Å². The predicted octanol–water partition coefficient (Wildman–Crippen LogP) is 3.54. The molecule has 2 heterocycles. The number of carbonyl (C=O) groups is 1. The number of phenols is 1. The number of aromatic hydroxyl groups is 1. The third-order valence-corrected chi connectivity index (χ3v) is 5.33. The fraction of sp³-hybridized carbons (Fsp3) is 0.182. The quantitative estimate of drug-likeness (QED) is 0.701. The van der Waals surface area contributed by atoms with E-state index in [1.165, 1.54) is 0 Å². The Morgan fingerprint density at radius 2 is 2.00 bits per heavy atom. The number of rotatable bonds is 2. The van der Waals surface area contributed by atoms with Crippen molar-refractivity contribution in [2.75, 3.05) is 5.32 Å². The highest BCUT2D eigenvalue weighted by Crippen LogP contribution is 2.40. The van der Waals surface area contributed by atoms with E-state index in [2.05, 4.69) is 21.5 Å². The number of aromatic nitrogens is 3. The van der Waals surface area contributed by atoms with E-state index in [1.807, 2.05) is 18.2 Å². The SMILES string of the molecule is N#Cc1ccc(C2C3=C(CCCC3=O)Nc3nc(-c4cccc(O)c4)nn32)cc1. The lowest BCUT2D eigenvalue weighted by atomic mass is 9.85. The summed E-state index contributed by atoms with van der Waals surface area (Å²) in [5.41, 5.74) is 3.73. The fourth-order valence-corrected chi connectivity index (χ4v) is 3.97. The van der Waals surface area contributed by atoms with Gasteiger partial charge in [0.05, 0.1) is 11.6 Å². The van der Waals surface area contributed by atoms with Crippen molar-refractivity contribution in [2.45, 2.75) is 25.3 Å². The Morgan fingerprint density at radius 3 is 2.76 bits per heavy atom. The molecule has 29 heavy (non-hydrogen) atoms. The number of nitriles is 1. The molecule has 0 radical (unpaired) electrons. The number of hydrogen-bond donors (Lipinski definition) is 2. The Kier molecular flexibility index (Phi) is 3.91. The van der Waals surface area contributed by atoms with Gasteiger partial charge in [0.1, 0.15) is 11.8 Å². The lowest BCUT2D eigenvalue weighted by molar-refractivity contribution is -0.116. The second kappa shape index (κ2) is 6.60. The number of allylic oxidation sites excluding steroid dienone is 2. The van der Waals surface area contributed by atoms with E-state index >= 15 is 0 Å². The topological polar surface area (TPSA) is 104 Å². The Balaban J connectivity index is 1.67. The third-order valence-electron chi connectivity index (χ3n) is 5.33. The van der Waals surface area contributed by atoms with Crippen molar-refractivity contribution in [3.63, 3.8) is 0 Å². The van der Waals surface area contributed by atoms with E-state index in [-0.39, 0.29) is 11.5 Å². The minimum Gasteiger partial charge on any atom is -0.508 e. The van der Waals surface area contributed by atoms with Gasteiger partial charge in [0.15, 0.2) is 11.6 Å². The number of fused-ring (bicyclic) bond motifs is 1. The van der Waals surface area contributed by atoms with Gasteiger partial charge in [-0.2, -0.15) is 10.2 Å². The van der Waals surface area contributed by atoms with Crippen molar-refractivity contribution in [1.29, 1.82) is 5.26 Å². The number of ketones is 1. The van der Waals surface area contributed by atoms with Crippen LogP contribution in [0, 0.1) is 11.3 Å². The van der Waals surface area contributed by atoms with Crippen LogP contribution >= 0.6 is 0 Å². The Labute approximate surface area is 166 Å². The van der Waals surface area contributed by atoms with Crippen LogP contribution in [-0.2, 0) is 4.79 Å². The van der Waals surface area contributed by atoms with Gasteiger partial charge in [-0.05, 0) is 42.7 Å². The molecule has 1 aliphatic carbocycles. The van der Waals surface area contributed by atoms with Crippen molar-refractivity contribution in [1.82, 2.24) is 14.8 Å². The van der Waals surface area contributed by atoms with Gasteiger partial charge >= 0.3 is 0 Å². The first kappa shape index (κ1) is 17.2. The summed E-state index contributed by atoms with van der Waals surface area (Å²) in [6, 6.07) is 15.7. The minimum atomic E-state index is -0.402. The zero-order valence-electron chi connectivity index (χ0n) is 15.5. The lowest BCUT2D eigenvalue weighted by Crippen LogP contribution is -2.31. The molecule has 0 bridgehead atoms. The maximum atomic E-state index is 12.8. The van der Waals surface area contributed by atoms with Crippen molar-refractivity contribution < 1.29 is 9.90 Å². The van der Waals surface area contributed by atoms with Crippen molar-refractivity contribution in [3.05, 3.63) is 70.9 Å². The lowest BCUT2D eigenvalue weighted by Gasteiger charge is -2.32. The van der Waals surface area contributed by atoms with Gasteiger partial charge < -0.3 is 10.4 Å². The standard InChI is InChI=1S/C22H17N5O2/c23-12-13-7-9-14(10-8-13)20-19-17(5-2-6-18(19)29)24-22-25-21(26-27(20)22)15-3-1-4-16(28)11-15/h1,3-4,7-11,20,28H,2,5-6H2,(H,24,25,26). The molecule has 1 aromatic heterocycles. The van der Waals surface area contributed by atoms with Gasteiger partial charge in [-0.3, -0.25) is 4.79 Å². The summed E-state index contributed by atoms with van der Waals surface area (Å²) in [5, 5.41) is 26.9. The summed E-state index contributed by atoms with van der Waals surface area (Å²) >= 11 is 0. The summed E-state index contributed by atoms with van der Waals surface area (Å²) in [6.45, 7) is 0. The number of carbonyl (C=O) groups excluding carboxylic acids is 1. The molecule has 0 spiro atoms. The average molecular weight is 383 g/mol. The molecule has 0 saturated heterocycles. The molecule has 142 valence electrons. The first-order valence-electron chi connectivity index (χ1n) is 9.43. The molecule has 1 unspecified atom stereocenters. The summed E-state index contributed by atoms with van der Waals surface area (Å²) in [4.78, 5) is 17.4. The Hall–Kier alpha value is -3.92. The average Bonchev–Trinajstić information content (AvgIpc) is 3.16. The zero-order chi connectivity index (χ0) is 20.0. The van der Waals surface area contributed by atoms with Crippen LogP contribution in [0.25, 0.3) is 11.4 Å². The molecule has 0 fully saturated rings. The van der Waals surface area contributed by atoms with Crippen molar-refractivity contribution in [3.8, 4) is 23.2 Å². The first-order chi connectivity index (χ1) is 14.1. The molecule has 2 aromatic carbocycles. The van der Waals surface area contributed by atoms with E-state index < -0.39 is 6.04 Å². The van der Waals surface area contributed by atoms with Gasteiger partial charge in [0.25, 0.3) is 0 Å². The first-order valence-corrected chi connectivity index (χ1v) is 9.43. The molecule has 2 aliphatic rings. The van der Waals surface area contributed by atoms with Crippen LogP contribution in [-0.4, -0.2) is 25.7 Å².